The number of amides is 1. The lowest BCUT2D eigenvalue weighted by Gasteiger charge is -2.40. The minimum atomic E-state index is -0.406. The largest absolute Gasteiger partial charge is 0.493 e. The molecule has 0 spiro atoms. The van der Waals surface area contributed by atoms with E-state index in [9.17, 15) is 14.4 Å². The van der Waals surface area contributed by atoms with Gasteiger partial charge in [-0.15, -0.1) is 11.8 Å². The number of carbonyl (C=O) groups is 2. The maximum Gasteiger partial charge on any atom is 0.338 e. The first-order valence-electron chi connectivity index (χ1n) is 13.6. The van der Waals surface area contributed by atoms with Crippen LogP contribution < -0.4 is 19.7 Å². The Morgan fingerprint density at radius 3 is 2.50 bits per heavy atom. The van der Waals surface area contributed by atoms with Gasteiger partial charge in [0.25, 0.3) is 0 Å². The molecule has 3 aliphatic rings. The Morgan fingerprint density at radius 2 is 1.77 bits per heavy atom. The molecule has 8 nitrogen and oxygen atoms in total. The molecule has 1 aromatic heterocycles. The van der Waals surface area contributed by atoms with Crippen molar-refractivity contribution in [2.75, 3.05) is 26.1 Å². The van der Waals surface area contributed by atoms with Crippen molar-refractivity contribution in [3.05, 3.63) is 68.1 Å². The molecule has 2 fully saturated rings. The Bertz CT molecular complexity index is 1500. The van der Waals surface area contributed by atoms with Crippen molar-refractivity contribution in [1.82, 2.24) is 4.57 Å². The summed E-state index contributed by atoms with van der Waals surface area (Å²) in [6.07, 6.45) is 3.69. The molecule has 1 amide bonds. The third-order valence-electron chi connectivity index (χ3n) is 8.44. The van der Waals surface area contributed by atoms with Crippen LogP contribution in [0.5, 0.6) is 11.5 Å². The Balaban J connectivity index is 1.30. The number of aromatic nitrogens is 1. The normalized spacial score (nSPS) is 24.2. The summed E-state index contributed by atoms with van der Waals surface area (Å²) in [5.41, 5.74) is 2.10. The zero-order valence-corrected chi connectivity index (χ0v) is 24.3. The lowest BCUT2D eigenvalue weighted by molar-refractivity contribution is -0.116. The van der Waals surface area contributed by atoms with E-state index in [1.165, 1.54) is 30.6 Å². The van der Waals surface area contributed by atoms with Crippen LogP contribution in [0.4, 0.5) is 5.69 Å². The monoisotopic (exact) mass is 580 g/mol. The van der Waals surface area contributed by atoms with E-state index in [0.717, 1.165) is 15.5 Å². The lowest BCUT2D eigenvalue weighted by Crippen LogP contribution is -2.34. The molecule has 2 aromatic carbocycles. The van der Waals surface area contributed by atoms with E-state index >= 15 is 0 Å². The van der Waals surface area contributed by atoms with E-state index in [0.29, 0.717) is 52.4 Å². The quantitative estimate of drug-likeness (QED) is 0.357. The van der Waals surface area contributed by atoms with Crippen molar-refractivity contribution in [2.24, 2.45) is 17.8 Å². The van der Waals surface area contributed by atoms with Crippen LogP contribution in [0.3, 0.4) is 0 Å². The summed E-state index contributed by atoms with van der Waals surface area (Å²) < 4.78 is 17.8. The van der Waals surface area contributed by atoms with E-state index < -0.39 is 5.97 Å². The van der Waals surface area contributed by atoms with Crippen LogP contribution in [-0.2, 0) is 16.1 Å². The third kappa shape index (κ3) is 4.71. The maximum atomic E-state index is 13.4. The summed E-state index contributed by atoms with van der Waals surface area (Å²) in [7, 11) is 3.27. The van der Waals surface area contributed by atoms with Crippen LogP contribution in [0.25, 0.3) is 0 Å². The van der Waals surface area contributed by atoms with Crippen LogP contribution in [-0.4, -0.2) is 42.5 Å². The summed E-state index contributed by atoms with van der Waals surface area (Å²) in [4.78, 5) is 39.3. The molecular weight excluding hydrogens is 548 g/mol. The fourth-order valence-electron chi connectivity index (χ4n) is 6.75. The first-order chi connectivity index (χ1) is 19.4. The number of ether oxygens (including phenoxy) is 3. The Labute approximate surface area is 241 Å². The molecule has 6 rings (SSSR count). The molecule has 210 valence electrons. The van der Waals surface area contributed by atoms with Crippen LogP contribution in [0.1, 0.15) is 52.9 Å². The molecule has 1 N–H and O–H groups in total. The minimum Gasteiger partial charge on any atom is -0.493 e. The highest BCUT2D eigenvalue weighted by Gasteiger charge is 2.55. The van der Waals surface area contributed by atoms with E-state index in [-0.39, 0.29) is 23.2 Å². The van der Waals surface area contributed by atoms with Crippen molar-refractivity contribution in [1.29, 1.82) is 0 Å². The third-order valence-corrected chi connectivity index (χ3v) is 11.3. The maximum absolute atomic E-state index is 13.4. The SMILES string of the molecule is CCOC(=O)c1ccc(NC(=O)Cn2c3c(sc2=O)C(c2ccc(OC)c(OC)c2)C2C4CCC(C4)C2S3)cc1. The molecule has 5 atom stereocenters. The van der Waals surface area contributed by atoms with Crippen molar-refractivity contribution in [3.8, 4) is 11.5 Å². The van der Waals surface area contributed by atoms with Crippen molar-refractivity contribution in [3.63, 3.8) is 0 Å². The van der Waals surface area contributed by atoms with Gasteiger partial charge >= 0.3 is 10.8 Å². The molecule has 2 aliphatic carbocycles. The standard InChI is InChI=1S/C30H32N2O6S2/c1-4-38-29(34)16-7-10-20(11-8-16)31-23(33)15-32-28-27(40-30(32)35)25(18-9-12-21(36-2)22(14-18)37-3)24-17-5-6-19(13-17)26(24)39-28/h7-12,14,17,19,24-26H,4-6,13,15H2,1-3H3,(H,31,33). The van der Waals surface area contributed by atoms with E-state index in [2.05, 4.69) is 11.4 Å². The summed E-state index contributed by atoms with van der Waals surface area (Å²) in [6, 6.07) is 12.6. The number of carbonyl (C=O) groups excluding carboxylic acids is 2. The fraction of sp³-hybridized carbons (Fsp3) is 0.433. The van der Waals surface area contributed by atoms with Gasteiger partial charge in [0, 0.05) is 21.7 Å². The van der Waals surface area contributed by atoms with Crippen LogP contribution >= 0.6 is 23.1 Å². The van der Waals surface area contributed by atoms with Crippen molar-refractivity contribution < 1.29 is 23.8 Å². The highest BCUT2D eigenvalue weighted by Crippen LogP contribution is 2.64. The van der Waals surface area contributed by atoms with Gasteiger partial charge in [-0.05, 0) is 85.9 Å². The number of rotatable bonds is 8. The Hall–Kier alpha value is -3.24. The Morgan fingerprint density at radius 1 is 1.02 bits per heavy atom. The highest BCUT2D eigenvalue weighted by molar-refractivity contribution is 8.00. The second-order valence-electron chi connectivity index (χ2n) is 10.6. The van der Waals surface area contributed by atoms with Gasteiger partial charge in [-0.1, -0.05) is 17.4 Å². The number of thioether (sulfide) groups is 1. The zero-order chi connectivity index (χ0) is 28.0. The van der Waals surface area contributed by atoms with Gasteiger partial charge < -0.3 is 19.5 Å². The molecule has 2 saturated carbocycles. The Kier molecular flexibility index (Phi) is 7.39. The molecule has 0 radical (unpaired) electrons. The van der Waals surface area contributed by atoms with Gasteiger partial charge in [0.05, 0.1) is 31.4 Å². The number of anilines is 1. The number of hydrogen-bond acceptors (Lipinski definition) is 8. The first-order valence-corrected chi connectivity index (χ1v) is 15.3. The highest BCUT2D eigenvalue weighted by atomic mass is 32.2. The number of thiazole rings is 1. The molecule has 0 saturated heterocycles. The minimum absolute atomic E-state index is 0.0680. The van der Waals surface area contributed by atoms with E-state index in [1.54, 1.807) is 61.7 Å². The number of methoxy groups -OCH3 is 2. The number of nitrogens with zero attached hydrogens (tertiary/aromatic N) is 1. The van der Waals surface area contributed by atoms with E-state index in [1.807, 2.05) is 12.1 Å². The number of benzene rings is 2. The lowest BCUT2D eigenvalue weighted by atomic mass is 9.75. The molecule has 5 unspecified atom stereocenters. The number of nitrogens with one attached hydrogen (secondary N) is 1. The van der Waals surface area contributed by atoms with Crippen molar-refractivity contribution in [2.45, 2.75) is 48.9 Å². The molecule has 1 aliphatic heterocycles. The molecule has 2 bridgehead atoms. The van der Waals surface area contributed by atoms with Gasteiger partial charge in [0.2, 0.25) is 5.91 Å². The van der Waals surface area contributed by atoms with Crippen molar-refractivity contribution >= 4 is 40.7 Å². The predicted octanol–water partition coefficient (Wildman–Crippen LogP) is 5.39. The number of esters is 1. The average molecular weight is 581 g/mol. The van der Waals surface area contributed by atoms with Crippen LogP contribution in [0, 0.1) is 17.8 Å². The summed E-state index contributed by atoms with van der Waals surface area (Å²) in [5, 5.41) is 4.20. The molecular formula is C30H32N2O6S2. The van der Waals surface area contributed by atoms with Crippen LogP contribution in [0.15, 0.2) is 52.3 Å². The first kappa shape index (κ1) is 27.0. The molecule has 40 heavy (non-hydrogen) atoms. The van der Waals surface area contributed by atoms with E-state index in [4.69, 9.17) is 14.2 Å². The summed E-state index contributed by atoms with van der Waals surface area (Å²) in [6.45, 7) is 1.98. The average Bonchev–Trinajstić information content (AvgIpc) is 3.66. The zero-order valence-electron chi connectivity index (χ0n) is 22.7. The molecule has 10 heteroatoms. The number of fused-ring (bicyclic) bond motifs is 6. The van der Waals surface area contributed by atoms with Gasteiger partial charge in [-0.3, -0.25) is 14.2 Å². The summed E-state index contributed by atoms with van der Waals surface area (Å²) in [5.74, 6) is 2.47. The smallest absolute Gasteiger partial charge is 0.338 e. The topological polar surface area (TPSA) is 95.9 Å². The van der Waals surface area contributed by atoms with Crippen LogP contribution in [0.2, 0.25) is 0 Å². The van der Waals surface area contributed by atoms with Gasteiger partial charge in [-0.25, -0.2) is 4.79 Å². The fourth-order valence-corrected chi connectivity index (χ4v) is 9.91. The molecule has 3 aromatic rings. The predicted molar refractivity (Wildman–Crippen MR) is 155 cm³/mol. The molecule has 2 heterocycles. The second-order valence-corrected chi connectivity index (χ2v) is 12.7. The van der Waals surface area contributed by atoms with Gasteiger partial charge in [0.15, 0.2) is 11.5 Å². The second kappa shape index (κ2) is 11.0. The number of hydrogen-bond donors (Lipinski definition) is 1. The summed E-state index contributed by atoms with van der Waals surface area (Å²) >= 11 is 3.06. The van der Waals surface area contributed by atoms with Gasteiger partial charge in [0.1, 0.15) is 6.54 Å². The van der Waals surface area contributed by atoms with Gasteiger partial charge in [-0.2, -0.15) is 0 Å².